The van der Waals surface area contributed by atoms with E-state index in [0.717, 1.165) is 34.6 Å². The molecule has 1 aromatic heterocycles. The quantitative estimate of drug-likeness (QED) is 0.644. The van der Waals surface area contributed by atoms with Crippen molar-refractivity contribution in [2.24, 2.45) is 0 Å². The number of hydrogen-bond donors (Lipinski definition) is 0. The van der Waals surface area contributed by atoms with Gasteiger partial charge in [-0.2, -0.15) is 0 Å². The molecule has 3 aromatic rings. The van der Waals surface area contributed by atoms with E-state index in [4.69, 9.17) is 0 Å². The van der Waals surface area contributed by atoms with Crippen molar-refractivity contribution in [2.75, 3.05) is 36.8 Å². The van der Waals surface area contributed by atoms with Crippen LogP contribution in [-0.2, 0) is 4.79 Å². The van der Waals surface area contributed by atoms with Gasteiger partial charge in [-0.25, -0.2) is 4.39 Å². The van der Waals surface area contributed by atoms with Gasteiger partial charge in [0.05, 0.1) is 11.3 Å². The highest BCUT2D eigenvalue weighted by molar-refractivity contribution is 8.00. The molecule has 0 atom stereocenters. The number of nitrogens with zero attached hydrogens (tertiary/aromatic N) is 3. The molecule has 4 nitrogen and oxygen atoms in total. The Hall–Kier alpha value is -2.60. The Morgan fingerprint density at radius 3 is 2.52 bits per heavy atom. The van der Waals surface area contributed by atoms with Gasteiger partial charge in [0, 0.05) is 48.3 Å². The Labute approximate surface area is 162 Å². The van der Waals surface area contributed by atoms with E-state index in [1.54, 1.807) is 30.1 Å². The third kappa shape index (κ3) is 4.06. The molecular weight excluding hydrogens is 361 g/mol. The van der Waals surface area contributed by atoms with E-state index in [0.29, 0.717) is 18.8 Å². The van der Waals surface area contributed by atoms with Crippen molar-refractivity contribution in [3.8, 4) is 0 Å². The van der Waals surface area contributed by atoms with E-state index in [-0.39, 0.29) is 11.7 Å². The van der Waals surface area contributed by atoms with Gasteiger partial charge in [0.15, 0.2) is 0 Å². The number of fused-ring (bicyclic) bond motifs is 1. The Balaban J connectivity index is 1.34. The van der Waals surface area contributed by atoms with Crippen LogP contribution in [0.1, 0.15) is 0 Å². The first-order valence-corrected chi connectivity index (χ1v) is 9.94. The number of piperazine rings is 1. The number of carbonyl (C=O) groups is 1. The van der Waals surface area contributed by atoms with Crippen molar-refractivity contribution in [1.29, 1.82) is 0 Å². The van der Waals surface area contributed by atoms with Gasteiger partial charge in [-0.05, 0) is 36.4 Å². The number of thioether (sulfide) groups is 1. The molecule has 0 saturated carbocycles. The van der Waals surface area contributed by atoms with E-state index in [1.807, 2.05) is 35.2 Å². The molecule has 6 heteroatoms. The first-order chi connectivity index (χ1) is 13.2. The van der Waals surface area contributed by atoms with Crippen molar-refractivity contribution >= 4 is 34.3 Å². The second-order valence-electron chi connectivity index (χ2n) is 6.46. The average Bonchev–Trinajstić information content (AvgIpc) is 2.72. The first kappa shape index (κ1) is 17.8. The zero-order valence-corrected chi connectivity index (χ0v) is 15.7. The molecular formula is C21H20FN3OS. The largest absolute Gasteiger partial charge is 0.368 e. The molecule has 27 heavy (non-hydrogen) atoms. The molecule has 1 saturated heterocycles. The molecule has 4 rings (SSSR count). The van der Waals surface area contributed by atoms with Gasteiger partial charge in [0.25, 0.3) is 0 Å². The van der Waals surface area contributed by atoms with Crippen LogP contribution in [0.25, 0.3) is 10.9 Å². The summed E-state index contributed by atoms with van der Waals surface area (Å²) in [5.74, 6) is 0.325. The number of hydrogen-bond acceptors (Lipinski definition) is 4. The Bertz CT molecular complexity index is 934. The van der Waals surface area contributed by atoms with Crippen LogP contribution < -0.4 is 4.90 Å². The summed E-state index contributed by atoms with van der Waals surface area (Å²) < 4.78 is 13.1. The summed E-state index contributed by atoms with van der Waals surface area (Å²) in [4.78, 5) is 22.2. The summed E-state index contributed by atoms with van der Waals surface area (Å²) in [6, 6.07) is 16.5. The Kier molecular flexibility index (Phi) is 5.25. The molecule has 1 amide bonds. The minimum Gasteiger partial charge on any atom is -0.368 e. The second-order valence-corrected chi connectivity index (χ2v) is 7.48. The van der Waals surface area contributed by atoms with Gasteiger partial charge < -0.3 is 9.80 Å². The number of carbonyl (C=O) groups excluding carboxylic acids is 1. The molecule has 138 valence electrons. The minimum atomic E-state index is -0.229. The molecule has 2 heterocycles. The molecule has 1 fully saturated rings. The smallest absolute Gasteiger partial charge is 0.233 e. The van der Waals surface area contributed by atoms with E-state index in [9.17, 15) is 9.18 Å². The monoisotopic (exact) mass is 381 g/mol. The summed E-state index contributed by atoms with van der Waals surface area (Å²) in [6.45, 7) is 2.89. The van der Waals surface area contributed by atoms with Gasteiger partial charge in [-0.3, -0.25) is 9.78 Å². The number of para-hydroxylation sites is 1. The average molecular weight is 381 g/mol. The van der Waals surface area contributed by atoms with Gasteiger partial charge in [-0.1, -0.05) is 18.2 Å². The molecule has 1 aliphatic heterocycles. The highest BCUT2D eigenvalue weighted by Crippen LogP contribution is 2.26. The van der Waals surface area contributed by atoms with Gasteiger partial charge in [-0.15, -0.1) is 11.8 Å². The van der Waals surface area contributed by atoms with Crippen molar-refractivity contribution < 1.29 is 9.18 Å². The molecule has 0 aliphatic carbocycles. The van der Waals surface area contributed by atoms with E-state index in [2.05, 4.69) is 9.88 Å². The van der Waals surface area contributed by atoms with Crippen LogP contribution in [0.5, 0.6) is 0 Å². The third-order valence-electron chi connectivity index (χ3n) is 4.77. The maximum atomic E-state index is 13.1. The highest BCUT2D eigenvalue weighted by atomic mass is 32.2. The van der Waals surface area contributed by atoms with Crippen molar-refractivity contribution in [2.45, 2.75) is 4.90 Å². The lowest BCUT2D eigenvalue weighted by molar-refractivity contribution is -0.128. The Morgan fingerprint density at radius 2 is 1.74 bits per heavy atom. The fraction of sp³-hybridized carbons (Fsp3) is 0.238. The second kappa shape index (κ2) is 7.96. The van der Waals surface area contributed by atoms with E-state index >= 15 is 0 Å². The lowest BCUT2D eigenvalue weighted by atomic mass is 10.2. The van der Waals surface area contributed by atoms with Crippen LogP contribution in [0.3, 0.4) is 0 Å². The minimum absolute atomic E-state index is 0.145. The van der Waals surface area contributed by atoms with Gasteiger partial charge >= 0.3 is 0 Å². The number of pyridine rings is 1. The Morgan fingerprint density at radius 1 is 1.00 bits per heavy atom. The molecule has 0 bridgehead atoms. The van der Waals surface area contributed by atoms with Crippen LogP contribution in [0, 0.1) is 5.82 Å². The number of anilines is 1. The normalized spacial score (nSPS) is 14.6. The fourth-order valence-electron chi connectivity index (χ4n) is 3.29. The number of rotatable bonds is 4. The predicted octanol–water partition coefficient (Wildman–Crippen LogP) is 3.81. The topological polar surface area (TPSA) is 36.4 Å². The maximum Gasteiger partial charge on any atom is 0.233 e. The molecule has 0 unspecified atom stereocenters. The summed E-state index contributed by atoms with van der Waals surface area (Å²) in [5.41, 5.74) is 1.94. The maximum absolute atomic E-state index is 13.1. The lowest BCUT2D eigenvalue weighted by Gasteiger charge is -2.36. The summed E-state index contributed by atoms with van der Waals surface area (Å²) in [5, 5.41) is 1.09. The van der Waals surface area contributed by atoms with Crippen molar-refractivity contribution in [3.05, 3.63) is 66.6 Å². The molecule has 0 N–H and O–H groups in total. The lowest BCUT2D eigenvalue weighted by Crippen LogP contribution is -2.49. The third-order valence-corrected chi connectivity index (χ3v) is 5.80. The van der Waals surface area contributed by atoms with Crippen molar-refractivity contribution in [1.82, 2.24) is 9.88 Å². The first-order valence-electron chi connectivity index (χ1n) is 8.95. The number of aromatic nitrogens is 1. The van der Waals surface area contributed by atoms with Crippen LogP contribution in [0.2, 0.25) is 0 Å². The van der Waals surface area contributed by atoms with Crippen LogP contribution >= 0.6 is 11.8 Å². The molecule has 0 spiro atoms. The predicted molar refractivity (Wildman–Crippen MR) is 108 cm³/mol. The summed E-state index contributed by atoms with van der Waals surface area (Å²) >= 11 is 1.54. The van der Waals surface area contributed by atoms with Crippen LogP contribution in [0.15, 0.2) is 65.7 Å². The van der Waals surface area contributed by atoms with Crippen LogP contribution in [0.4, 0.5) is 10.1 Å². The van der Waals surface area contributed by atoms with E-state index in [1.165, 1.54) is 12.1 Å². The summed E-state index contributed by atoms with van der Waals surface area (Å²) in [7, 11) is 0. The van der Waals surface area contributed by atoms with Gasteiger partial charge in [0.1, 0.15) is 5.82 Å². The number of benzene rings is 2. The SMILES string of the molecule is O=C(CSc1cccc2cccnc12)N1CCN(c2ccc(F)cc2)CC1. The summed E-state index contributed by atoms with van der Waals surface area (Å²) in [6.07, 6.45) is 1.78. The fourth-order valence-corrected chi connectivity index (χ4v) is 4.23. The zero-order chi connectivity index (χ0) is 18.6. The standard InChI is InChI=1S/C21H20FN3OS/c22-17-6-8-18(9-7-17)24-11-13-25(14-12-24)20(26)15-27-19-5-1-3-16-4-2-10-23-21(16)19/h1-10H,11-15H2. The van der Waals surface area contributed by atoms with Gasteiger partial charge in [0.2, 0.25) is 5.91 Å². The number of halogens is 1. The zero-order valence-electron chi connectivity index (χ0n) is 14.8. The van der Waals surface area contributed by atoms with Crippen molar-refractivity contribution in [3.63, 3.8) is 0 Å². The molecule has 2 aromatic carbocycles. The van der Waals surface area contributed by atoms with Crippen LogP contribution in [-0.4, -0.2) is 47.7 Å². The number of amides is 1. The molecule has 1 aliphatic rings. The van der Waals surface area contributed by atoms with E-state index < -0.39 is 0 Å². The molecule has 0 radical (unpaired) electrons. The highest BCUT2D eigenvalue weighted by Gasteiger charge is 2.21.